The van der Waals surface area contributed by atoms with Crippen molar-refractivity contribution >= 4 is 34.9 Å². The molecule has 0 spiro atoms. The third-order valence-corrected chi connectivity index (χ3v) is 0. The minimum atomic E-state index is 0. The first-order valence-corrected chi connectivity index (χ1v) is 2.87. The van der Waals surface area contributed by atoms with Gasteiger partial charge in [0, 0.05) is 0 Å². The highest BCUT2D eigenvalue weighted by molar-refractivity contribution is 8.68. The van der Waals surface area contributed by atoms with Crippen molar-refractivity contribution in [2.45, 2.75) is 0 Å². The van der Waals surface area contributed by atoms with Gasteiger partial charge in [-0.3, -0.25) is 0 Å². The predicted octanol–water partition coefficient (Wildman–Crippen LogP) is 1.62. The molecule has 0 rings (SSSR count). The number of hydrogen-bond donors (Lipinski definition) is 1. The van der Waals surface area contributed by atoms with E-state index in [9.17, 15) is 0 Å². The molecule has 0 atom stereocenters. The zero-order valence-electron chi connectivity index (χ0n) is 2.26. The Bertz CT molecular complexity index is 6.00. The molecule has 0 aliphatic heterocycles. The topological polar surface area (TPSA) is 0 Å². The van der Waals surface area contributed by atoms with Crippen molar-refractivity contribution < 1.29 is 0 Å². The molecule has 0 aliphatic carbocycles. The first kappa shape index (κ1) is 8.89. The molecule has 0 N–H and O–H groups in total. The van der Waals surface area contributed by atoms with Crippen molar-refractivity contribution in [2.24, 2.45) is 0 Å². The van der Waals surface area contributed by atoms with Crippen LogP contribution in [0.1, 0.15) is 0 Å². The fraction of sp³-hybridized carbons (Fsp3) is 1.00. The van der Waals surface area contributed by atoms with Crippen LogP contribution < -0.4 is 0 Å². The fourth-order valence-electron chi connectivity index (χ4n) is 0. The lowest BCUT2D eigenvalue weighted by molar-refractivity contribution is 2.55. The van der Waals surface area contributed by atoms with E-state index in [1.165, 1.54) is 10.8 Å². The van der Waals surface area contributed by atoms with E-state index in [2.05, 4.69) is 11.7 Å². The summed E-state index contributed by atoms with van der Waals surface area (Å²) in [5, 5.41) is 0. The van der Waals surface area contributed by atoms with Gasteiger partial charge in [-0.2, -0.15) is 0 Å². The monoisotopic (exact) mass is 116 g/mol. The Morgan fingerprint density at radius 3 is 1.75 bits per heavy atom. The Morgan fingerprint density at radius 1 is 1.75 bits per heavy atom. The average Bonchev–Trinajstić information content (AvgIpc) is 0.918. The molecular weight excluding hydrogens is 112 g/mol. The van der Waals surface area contributed by atoms with Gasteiger partial charge in [0.25, 0.3) is 0 Å². The van der Waals surface area contributed by atoms with Gasteiger partial charge >= 0.3 is 0 Å². The molecular formula is CH5ClS2. The third kappa shape index (κ3) is 12.1. The van der Waals surface area contributed by atoms with Crippen molar-refractivity contribution in [1.29, 1.82) is 0 Å². The van der Waals surface area contributed by atoms with Crippen LogP contribution in [0, 0.1) is 0 Å². The molecule has 0 aromatic heterocycles. The smallest absolute Gasteiger partial charge is 0.00816 e. The summed E-state index contributed by atoms with van der Waals surface area (Å²) >= 11 is 3.71. The number of hydrogen-bond acceptors (Lipinski definition) is 2. The van der Waals surface area contributed by atoms with Gasteiger partial charge in [0.05, 0.1) is 0 Å². The molecule has 0 radical (unpaired) electrons. The molecule has 4 heavy (non-hydrogen) atoms. The van der Waals surface area contributed by atoms with Crippen molar-refractivity contribution in [3.8, 4) is 0 Å². The molecule has 0 nitrogen and oxygen atoms in total. The number of rotatable bonds is 0. The van der Waals surface area contributed by atoms with Crippen LogP contribution in [0.15, 0.2) is 0 Å². The fourth-order valence-corrected chi connectivity index (χ4v) is 0. The number of thiol groups is 1. The molecule has 0 amide bonds. The van der Waals surface area contributed by atoms with Crippen LogP contribution in [-0.2, 0) is 0 Å². The van der Waals surface area contributed by atoms with Gasteiger partial charge in [0.15, 0.2) is 0 Å². The molecule has 0 saturated heterocycles. The standard InChI is InChI=1S/CH4S2.ClH/c1-3-2;/h2H,1H3;1H. The molecule has 3 heteroatoms. The van der Waals surface area contributed by atoms with Crippen molar-refractivity contribution in [1.82, 2.24) is 0 Å². The van der Waals surface area contributed by atoms with Gasteiger partial charge in [-0.1, -0.05) is 0 Å². The lowest BCUT2D eigenvalue weighted by Gasteiger charge is -1.50. The highest BCUT2D eigenvalue weighted by Crippen LogP contribution is 1.91. The van der Waals surface area contributed by atoms with Crippen molar-refractivity contribution in [3.63, 3.8) is 0 Å². The quantitative estimate of drug-likeness (QED) is 0.371. The Labute approximate surface area is 41.6 Å². The minimum absolute atomic E-state index is 0. The Balaban J connectivity index is 0. The summed E-state index contributed by atoms with van der Waals surface area (Å²) in [6.07, 6.45) is 1.91. The summed E-state index contributed by atoms with van der Waals surface area (Å²) in [4.78, 5) is 0. The molecule has 0 aromatic rings. The second kappa shape index (κ2) is 9.01. The summed E-state index contributed by atoms with van der Waals surface area (Å²) in [7, 11) is 1.44. The SMILES string of the molecule is CSS.Cl. The molecule has 0 fully saturated rings. The van der Waals surface area contributed by atoms with Crippen LogP contribution in [-0.4, -0.2) is 6.26 Å². The summed E-state index contributed by atoms with van der Waals surface area (Å²) < 4.78 is 0. The number of halogens is 1. The summed E-state index contributed by atoms with van der Waals surface area (Å²) in [6, 6.07) is 0. The lowest BCUT2D eigenvalue weighted by Crippen LogP contribution is -1.08. The van der Waals surface area contributed by atoms with Gasteiger partial charge in [-0.15, -0.1) is 34.9 Å². The zero-order chi connectivity index (χ0) is 2.71. The van der Waals surface area contributed by atoms with E-state index < -0.39 is 0 Å². The van der Waals surface area contributed by atoms with Crippen LogP contribution in [0.3, 0.4) is 0 Å². The maximum atomic E-state index is 3.71. The van der Waals surface area contributed by atoms with E-state index in [4.69, 9.17) is 0 Å². The molecule has 0 aliphatic rings. The average molecular weight is 117 g/mol. The van der Waals surface area contributed by atoms with Crippen LogP contribution in [0.4, 0.5) is 0 Å². The second-order valence-corrected chi connectivity index (χ2v) is 1.64. The zero-order valence-corrected chi connectivity index (χ0v) is 4.79. The molecule has 0 heterocycles. The van der Waals surface area contributed by atoms with Gasteiger partial charge in [0.1, 0.15) is 0 Å². The lowest BCUT2D eigenvalue weighted by atomic mass is 12.0. The van der Waals surface area contributed by atoms with Crippen molar-refractivity contribution in [2.75, 3.05) is 6.26 Å². The third-order valence-electron chi connectivity index (χ3n) is 0. The highest BCUT2D eigenvalue weighted by atomic mass is 35.5. The molecule has 0 aromatic carbocycles. The minimum Gasteiger partial charge on any atom is -0.147 e. The normalized spacial score (nSPS) is 4.50. The maximum Gasteiger partial charge on any atom is -0.00816 e. The Kier molecular flexibility index (Phi) is 20.0. The second-order valence-electron chi connectivity index (χ2n) is 0.183. The summed E-state index contributed by atoms with van der Waals surface area (Å²) in [6.45, 7) is 0. The van der Waals surface area contributed by atoms with E-state index in [1.54, 1.807) is 0 Å². The van der Waals surface area contributed by atoms with Crippen LogP contribution >= 0.6 is 34.9 Å². The highest BCUT2D eigenvalue weighted by Gasteiger charge is 1.34. The van der Waals surface area contributed by atoms with Crippen LogP contribution in [0.5, 0.6) is 0 Å². The molecule has 28 valence electrons. The molecule has 0 unspecified atom stereocenters. The van der Waals surface area contributed by atoms with E-state index in [-0.39, 0.29) is 12.4 Å². The Morgan fingerprint density at radius 2 is 1.75 bits per heavy atom. The molecule has 0 saturated carbocycles. The first-order valence-electron chi connectivity index (χ1n) is 0.591. The van der Waals surface area contributed by atoms with E-state index in [0.29, 0.717) is 0 Å². The van der Waals surface area contributed by atoms with Gasteiger partial charge in [-0.05, 0) is 6.26 Å². The van der Waals surface area contributed by atoms with E-state index in [1.807, 2.05) is 6.26 Å². The summed E-state index contributed by atoms with van der Waals surface area (Å²) in [5.74, 6) is 0. The molecule has 0 bridgehead atoms. The van der Waals surface area contributed by atoms with Crippen molar-refractivity contribution in [3.05, 3.63) is 0 Å². The Hall–Kier alpha value is 0.990. The summed E-state index contributed by atoms with van der Waals surface area (Å²) in [5.41, 5.74) is 0. The van der Waals surface area contributed by atoms with Crippen LogP contribution in [0.25, 0.3) is 0 Å². The van der Waals surface area contributed by atoms with Gasteiger partial charge < -0.3 is 0 Å². The largest absolute Gasteiger partial charge is 0.147 e. The van der Waals surface area contributed by atoms with Gasteiger partial charge in [-0.25, -0.2) is 0 Å². The van der Waals surface area contributed by atoms with Gasteiger partial charge in [0.2, 0.25) is 0 Å². The first-order chi connectivity index (χ1) is 1.41. The van der Waals surface area contributed by atoms with E-state index in [0.717, 1.165) is 0 Å². The van der Waals surface area contributed by atoms with E-state index >= 15 is 0 Å². The predicted molar refractivity (Wildman–Crippen MR) is 29.7 cm³/mol. The van der Waals surface area contributed by atoms with Crippen LogP contribution in [0.2, 0.25) is 0 Å². The maximum absolute atomic E-state index is 3.71.